The molecule has 0 fully saturated rings. The average molecular weight is 487 g/mol. The van der Waals surface area contributed by atoms with Crippen LogP contribution in [0.2, 0.25) is 5.02 Å². The number of nitrogens with zero attached hydrogens (tertiary/aromatic N) is 1. The number of para-hydroxylation sites is 1. The molecule has 0 saturated heterocycles. The highest BCUT2D eigenvalue weighted by molar-refractivity contribution is 7.92. The molecule has 0 spiro atoms. The molecule has 8 heteroatoms. The Balaban J connectivity index is 1.87. The van der Waals surface area contributed by atoms with E-state index in [2.05, 4.69) is 5.32 Å². The first-order valence-corrected chi connectivity index (χ1v) is 12.3. The number of hydrogen-bond donors (Lipinski definition) is 1. The lowest BCUT2D eigenvalue weighted by molar-refractivity contribution is -0.120. The molecule has 1 atom stereocenters. The van der Waals surface area contributed by atoms with Gasteiger partial charge in [-0.05, 0) is 66.9 Å². The molecule has 0 radical (unpaired) electrons. The molecule has 0 unspecified atom stereocenters. The zero-order valence-corrected chi connectivity index (χ0v) is 20.4. The van der Waals surface area contributed by atoms with Crippen molar-refractivity contribution >= 4 is 33.2 Å². The first-order valence-electron chi connectivity index (χ1n) is 10.5. The Bertz CT molecular complexity index is 1200. The normalized spacial score (nSPS) is 12.1. The number of anilines is 1. The molecule has 0 heterocycles. The van der Waals surface area contributed by atoms with Gasteiger partial charge in [0.1, 0.15) is 12.3 Å². The van der Waals surface area contributed by atoms with Gasteiger partial charge in [-0.15, -0.1) is 0 Å². The van der Waals surface area contributed by atoms with E-state index >= 15 is 0 Å². The molecule has 0 aliphatic rings. The second-order valence-corrected chi connectivity index (χ2v) is 9.86. The van der Waals surface area contributed by atoms with Crippen molar-refractivity contribution in [3.8, 4) is 5.75 Å². The van der Waals surface area contributed by atoms with Crippen LogP contribution >= 0.6 is 11.6 Å². The molecule has 3 aromatic rings. The lowest BCUT2D eigenvalue weighted by Gasteiger charge is -2.26. The molecule has 0 aromatic heterocycles. The van der Waals surface area contributed by atoms with E-state index in [0.29, 0.717) is 17.1 Å². The van der Waals surface area contributed by atoms with Crippen LogP contribution in [0.15, 0.2) is 77.7 Å². The molecule has 0 saturated carbocycles. The molecular formula is C25H27ClN2O4S. The summed E-state index contributed by atoms with van der Waals surface area (Å²) in [7, 11) is -2.38. The summed E-state index contributed by atoms with van der Waals surface area (Å²) in [4.78, 5) is 13.1. The van der Waals surface area contributed by atoms with E-state index in [0.717, 1.165) is 21.2 Å². The van der Waals surface area contributed by atoms with E-state index in [4.69, 9.17) is 16.3 Å². The molecule has 3 rings (SSSR count). The highest BCUT2D eigenvalue weighted by atomic mass is 35.5. The fourth-order valence-electron chi connectivity index (χ4n) is 3.55. The van der Waals surface area contributed by atoms with E-state index in [1.165, 1.54) is 24.3 Å². The van der Waals surface area contributed by atoms with E-state index in [-0.39, 0.29) is 17.5 Å². The number of carbonyl (C=O) groups excluding carboxylic acids is 1. The van der Waals surface area contributed by atoms with E-state index in [1.807, 2.05) is 32.0 Å². The van der Waals surface area contributed by atoms with Crippen molar-refractivity contribution in [2.75, 3.05) is 18.0 Å². The van der Waals surface area contributed by atoms with Gasteiger partial charge in [0.15, 0.2) is 0 Å². The maximum atomic E-state index is 13.4. The number of rotatable bonds is 9. The van der Waals surface area contributed by atoms with Crippen LogP contribution in [0.3, 0.4) is 0 Å². The minimum atomic E-state index is -3.99. The summed E-state index contributed by atoms with van der Waals surface area (Å²) < 4.78 is 33.2. The van der Waals surface area contributed by atoms with Crippen LogP contribution in [0.5, 0.6) is 5.75 Å². The number of halogens is 1. The van der Waals surface area contributed by atoms with Gasteiger partial charge in [-0.2, -0.15) is 0 Å². The van der Waals surface area contributed by atoms with Crippen LogP contribution in [0.4, 0.5) is 5.69 Å². The molecule has 0 bridgehead atoms. The fraction of sp³-hybridized carbons (Fsp3) is 0.240. The smallest absolute Gasteiger partial charge is 0.264 e. The summed E-state index contributed by atoms with van der Waals surface area (Å²) in [6, 6.07) is 19.9. The predicted octanol–water partition coefficient (Wildman–Crippen LogP) is 5.12. The van der Waals surface area contributed by atoms with Crippen molar-refractivity contribution in [2.45, 2.75) is 31.2 Å². The van der Waals surface area contributed by atoms with E-state index in [1.54, 1.807) is 37.4 Å². The summed E-state index contributed by atoms with van der Waals surface area (Å²) in [6.07, 6.45) is 0.646. The lowest BCUT2D eigenvalue weighted by Crippen LogP contribution is -2.42. The number of aryl methyl sites for hydroxylation is 1. The summed E-state index contributed by atoms with van der Waals surface area (Å²) in [5, 5.41) is 3.40. The second kappa shape index (κ2) is 10.7. The number of hydrogen-bond acceptors (Lipinski definition) is 4. The van der Waals surface area contributed by atoms with Crippen molar-refractivity contribution < 1.29 is 17.9 Å². The van der Waals surface area contributed by atoms with Crippen LogP contribution in [0.1, 0.15) is 30.5 Å². The third kappa shape index (κ3) is 5.86. The van der Waals surface area contributed by atoms with Crippen LogP contribution in [-0.4, -0.2) is 28.0 Å². The lowest BCUT2D eigenvalue weighted by atomic mass is 10.0. The average Bonchev–Trinajstić information content (AvgIpc) is 2.81. The minimum absolute atomic E-state index is 0.0568. The van der Waals surface area contributed by atoms with Gasteiger partial charge in [0.05, 0.1) is 23.7 Å². The first kappa shape index (κ1) is 24.6. The molecule has 33 heavy (non-hydrogen) atoms. The summed E-state index contributed by atoms with van der Waals surface area (Å²) in [5.74, 6) is 0.362. The van der Waals surface area contributed by atoms with Gasteiger partial charge in [0.2, 0.25) is 5.91 Å². The summed E-state index contributed by atoms with van der Waals surface area (Å²) in [5.41, 5.74) is 2.28. The van der Waals surface area contributed by atoms with Crippen molar-refractivity contribution in [1.29, 1.82) is 0 Å². The van der Waals surface area contributed by atoms with E-state index < -0.39 is 15.9 Å². The van der Waals surface area contributed by atoms with Crippen molar-refractivity contribution in [1.82, 2.24) is 5.32 Å². The number of carbonyl (C=O) groups is 1. The zero-order chi connectivity index (χ0) is 24.0. The van der Waals surface area contributed by atoms with Crippen LogP contribution in [0.25, 0.3) is 0 Å². The Hall–Kier alpha value is -3.03. The number of amides is 1. The maximum Gasteiger partial charge on any atom is 0.264 e. The molecular weight excluding hydrogens is 460 g/mol. The minimum Gasteiger partial charge on any atom is -0.496 e. The second-order valence-electron chi connectivity index (χ2n) is 7.56. The first-order chi connectivity index (χ1) is 15.8. The maximum absolute atomic E-state index is 13.4. The Morgan fingerprint density at radius 3 is 2.30 bits per heavy atom. The molecule has 6 nitrogen and oxygen atoms in total. The Morgan fingerprint density at radius 1 is 1.06 bits per heavy atom. The van der Waals surface area contributed by atoms with Crippen LogP contribution < -0.4 is 14.4 Å². The number of nitrogens with one attached hydrogen (secondary N) is 1. The van der Waals surface area contributed by atoms with Crippen molar-refractivity contribution in [3.63, 3.8) is 0 Å². The van der Waals surface area contributed by atoms with Crippen LogP contribution in [-0.2, 0) is 14.8 Å². The molecule has 0 aliphatic carbocycles. The predicted molar refractivity (Wildman–Crippen MR) is 131 cm³/mol. The topological polar surface area (TPSA) is 75.7 Å². The Kier molecular flexibility index (Phi) is 8.00. The van der Waals surface area contributed by atoms with Crippen molar-refractivity contribution in [3.05, 3.63) is 88.9 Å². The highest BCUT2D eigenvalue weighted by Crippen LogP contribution is 2.26. The molecule has 1 N–H and O–H groups in total. The number of methoxy groups -OCH3 is 1. The summed E-state index contributed by atoms with van der Waals surface area (Å²) >= 11 is 5.92. The SMILES string of the molecule is CC[C@@H](NC(=O)CN(c1ccccc1)S(=O)(=O)c1ccc(Cl)cc1)c1ccc(OC)c(C)c1. The fourth-order valence-corrected chi connectivity index (χ4v) is 5.10. The Morgan fingerprint density at radius 2 is 1.73 bits per heavy atom. The van der Waals surface area contributed by atoms with Gasteiger partial charge >= 0.3 is 0 Å². The van der Waals surface area contributed by atoms with Crippen molar-refractivity contribution in [2.24, 2.45) is 0 Å². The number of sulfonamides is 1. The van der Waals surface area contributed by atoms with E-state index in [9.17, 15) is 13.2 Å². The van der Waals surface area contributed by atoms with Gasteiger partial charge in [-0.1, -0.05) is 48.9 Å². The zero-order valence-electron chi connectivity index (χ0n) is 18.8. The number of ether oxygens (including phenoxy) is 1. The molecule has 174 valence electrons. The highest BCUT2D eigenvalue weighted by Gasteiger charge is 2.28. The van der Waals surface area contributed by atoms with Gasteiger partial charge in [0.25, 0.3) is 10.0 Å². The Labute approximate surface area is 200 Å². The molecule has 1 amide bonds. The standard InChI is InChI=1S/C25H27ClN2O4S/c1-4-23(19-10-15-24(32-3)18(2)16-19)27-25(29)17-28(21-8-6-5-7-9-21)33(30,31)22-13-11-20(26)12-14-22/h5-16,23H,4,17H2,1-3H3,(H,27,29)/t23-/m1/s1. The largest absolute Gasteiger partial charge is 0.496 e. The summed E-state index contributed by atoms with van der Waals surface area (Å²) in [6.45, 7) is 3.54. The molecule has 3 aromatic carbocycles. The monoisotopic (exact) mass is 486 g/mol. The van der Waals surface area contributed by atoms with Gasteiger partial charge < -0.3 is 10.1 Å². The quantitative estimate of drug-likeness (QED) is 0.455. The molecule has 0 aliphatic heterocycles. The van der Waals surface area contributed by atoms with Gasteiger partial charge in [-0.25, -0.2) is 8.42 Å². The van der Waals surface area contributed by atoms with Gasteiger partial charge in [-0.3, -0.25) is 9.10 Å². The third-order valence-corrected chi connectivity index (χ3v) is 7.34. The number of benzene rings is 3. The third-order valence-electron chi connectivity index (χ3n) is 5.30. The van der Waals surface area contributed by atoms with Crippen LogP contribution in [0, 0.1) is 6.92 Å². The van der Waals surface area contributed by atoms with Gasteiger partial charge in [0, 0.05) is 5.02 Å².